The number of furan rings is 1. The Morgan fingerprint density at radius 1 is 1.29 bits per heavy atom. The van der Waals surface area contributed by atoms with Gasteiger partial charge >= 0.3 is 0 Å². The second-order valence-electron chi connectivity index (χ2n) is 4.73. The van der Waals surface area contributed by atoms with E-state index in [1.54, 1.807) is 13.4 Å². The van der Waals surface area contributed by atoms with Crippen LogP contribution in [0.15, 0.2) is 47.1 Å². The standard InChI is InChI=1S/C16H21NO4/c1-19-15-5-2-4-13(8-15)9-17-10-14(18)11-20-12-16-6-3-7-21-16/h2-8,14,17-18H,9-12H2,1H3. The number of aliphatic hydroxyl groups excluding tert-OH is 1. The lowest BCUT2D eigenvalue weighted by Crippen LogP contribution is -2.30. The zero-order chi connectivity index (χ0) is 14.9. The highest BCUT2D eigenvalue weighted by Gasteiger charge is 2.05. The van der Waals surface area contributed by atoms with E-state index >= 15 is 0 Å². The molecule has 2 rings (SSSR count). The summed E-state index contributed by atoms with van der Waals surface area (Å²) in [4.78, 5) is 0. The van der Waals surface area contributed by atoms with Gasteiger partial charge in [0.05, 0.1) is 26.1 Å². The highest BCUT2D eigenvalue weighted by Crippen LogP contribution is 2.12. The van der Waals surface area contributed by atoms with E-state index in [2.05, 4.69) is 5.32 Å². The molecule has 5 heteroatoms. The van der Waals surface area contributed by atoms with Crippen molar-refractivity contribution < 1.29 is 19.0 Å². The molecule has 114 valence electrons. The molecule has 1 aromatic carbocycles. The van der Waals surface area contributed by atoms with Crippen LogP contribution in [-0.4, -0.2) is 31.5 Å². The first-order valence-corrected chi connectivity index (χ1v) is 6.90. The first kappa shape index (κ1) is 15.6. The summed E-state index contributed by atoms with van der Waals surface area (Å²) < 4.78 is 15.7. The van der Waals surface area contributed by atoms with Crippen LogP contribution in [0.2, 0.25) is 0 Å². The molecule has 1 atom stereocenters. The average molecular weight is 291 g/mol. The van der Waals surface area contributed by atoms with E-state index in [4.69, 9.17) is 13.9 Å². The van der Waals surface area contributed by atoms with Crippen molar-refractivity contribution in [1.82, 2.24) is 5.32 Å². The summed E-state index contributed by atoms with van der Waals surface area (Å²) >= 11 is 0. The van der Waals surface area contributed by atoms with Gasteiger partial charge in [-0.2, -0.15) is 0 Å². The lowest BCUT2D eigenvalue weighted by atomic mass is 10.2. The minimum absolute atomic E-state index is 0.270. The minimum Gasteiger partial charge on any atom is -0.497 e. The third-order valence-electron chi connectivity index (χ3n) is 2.98. The average Bonchev–Trinajstić information content (AvgIpc) is 3.01. The predicted molar refractivity (Wildman–Crippen MR) is 79.1 cm³/mol. The van der Waals surface area contributed by atoms with Crippen LogP contribution in [0.5, 0.6) is 5.75 Å². The number of aliphatic hydroxyl groups is 1. The molecule has 0 aliphatic heterocycles. The Hall–Kier alpha value is -1.82. The fraction of sp³-hybridized carbons (Fsp3) is 0.375. The van der Waals surface area contributed by atoms with Crippen molar-refractivity contribution in [3.8, 4) is 5.75 Å². The number of rotatable bonds is 9. The Bertz CT molecular complexity index is 513. The summed E-state index contributed by atoms with van der Waals surface area (Å²) in [6.07, 6.45) is 1.05. The van der Waals surface area contributed by atoms with E-state index in [0.717, 1.165) is 17.1 Å². The highest BCUT2D eigenvalue weighted by atomic mass is 16.5. The molecule has 2 N–H and O–H groups in total. The largest absolute Gasteiger partial charge is 0.497 e. The molecular formula is C16H21NO4. The molecule has 0 saturated carbocycles. The van der Waals surface area contributed by atoms with E-state index in [0.29, 0.717) is 19.7 Å². The van der Waals surface area contributed by atoms with Crippen molar-refractivity contribution in [2.75, 3.05) is 20.3 Å². The van der Waals surface area contributed by atoms with Gasteiger partial charge in [-0.1, -0.05) is 12.1 Å². The summed E-state index contributed by atoms with van der Waals surface area (Å²) in [7, 11) is 1.65. The molecule has 0 fully saturated rings. The Morgan fingerprint density at radius 2 is 2.19 bits per heavy atom. The normalized spacial score (nSPS) is 12.3. The van der Waals surface area contributed by atoms with Crippen molar-refractivity contribution in [2.24, 2.45) is 0 Å². The van der Waals surface area contributed by atoms with Crippen LogP contribution in [-0.2, 0) is 17.9 Å². The maximum absolute atomic E-state index is 9.81. The van der Waals surface area contributed by atoms with E-state index in [1.165, 1.54) is 0 Å². The fourth-order valence-electron chi connectivity index (χ4n) is 1.91. The van der Waals surface area contributed by atoms with Crippen LogP contribution in [0.1, 0.15) is 11.3 Å². The Kier molecular flexibility index (Phi) is 6.27. The summed E-state index contributed by atoms with van der Waals surface area (Å²) in [5.74, 6) is 1.59. The molecular weight excluding hydrogens is 270 g/mol. The summed E-state index contributed by atoms with van der Waals surface area (Å²) in [5, 5.41) is 13.0. The zero-order valence-electron chi connectivity index (χ0n) is 12.1. The smallest absolute Gasteiger partial charge is 0.129 e. The van der Waals surface area contributed by atoms with E-state index in [-0.39, 0.29) is 6.61 Å². The van der Waals surface area contributed by atoms with Crippen molar-refractivity contribution >= 4 is 0 Å². The number of hydrogen-bond acceptors (Lipinski definition) is 5. The van der Waals surface area contributed by atoms with Crippen LogP contribution in [0.4, 0.5) is 0 Å². The maximum atomic E-state index is 9.81. The van der Waals surface area contributed by atoms with E-state index < -0.39 is 6.10 Å². The van der Waals surface area contributed by atoms with Gasteiger partial charge in [-0.05, 0) is 29.8 Å². The van der Waals surface area contributed by atoms with Crippen LogP contribution in [0.25, 0.3) is 0 Å². The molecule has 5 nitrogen and oxygen atoms in total. The van der Waals surface area contributed by atoms with Crippen molar-refractivity contribution in [1.29, 1.82) is 0 Å². The fourth-order valence-corrected chi connectivity index (χ4v) is 1.91. The first-order valence-electron chi connectivity index (χ1n) is 6.90. The monoisotopic (exact) mass is 291 g/mol. The molecule has 0 saturated heterocycles. The SMILES string of the molecule is COc1cccc(CNCC(O)COCc2ccco2)c1. The Balaban J connectivity index is 1.61. The van der Waals surface area contributed by atoms with Crippen LogP contribution in [0, 0.1) is 0 Å². The number of methoxy groups -OCH3 is 1. The van der Waals surface area contributed by atoms with Gasteiger partial charge in [0.15, 0.2) is 0 Å². The summed E-state index contributed by atoms with van der Waals surface area (Å²) in [6.45, 7) is 1.79. The molecule has 21 heavy (non-hydrogen) atoms. The van der Waals surface area contributed by atoms with E-state index in [1.807, 2.05) is 36.4 Å². The van der Waals surface area contributed by atoms with E-state index in [9.17, 15) is 5.11 Å². The number of ether oxygens (including phenoxy) is 2. The summed E-state index contributed by atoms with van der Waals surface area (Å²) in [6, 6.07) is 11.5. The maximum Gasteiger partial charge on any atom is 0.129 e. The molecule has 0 amide bonds. The second-order valence-corrected chi connectivity index (χ2v) is 4.73. The van der Waals surface area contributed by atoms with Crippen molar-refractivity contribution in [3.63, 3.8) is 0 Å². The molecule has 1 heterocycles. The molecule has 0 spiro atoms. The second kappa shape index (κ2) is 8.46. The predicted octanol–water partition coefficient (Wildman–Crippen LogP) is 1.96. The lowest BCUT2D eigenvalue weighted by Gasteiger charge is -2.12. The molecule has 2 aromatic rings. The molecule has 1 unspecified atom stereocenters. The van der Waals surface area contributed by atoms with Gasteiger partial charge in [0.25, 0.3) is 0 Å². The number of nitrogens with one attached hydrogen (secondary N) is 1. The third-order valence-corrected chi connectivity index (χ3v) is 2.98. The Morgan fingerprint density at radius 3 is 2.95 bits per heavy atom. The van der Waals surface area contributed by atoms with Gasteiger partial charge in [-0.15, -0.1) is 0 Å². The van der Waals surface area contributed by atoms with Crippen LogP contribution < -0.4 is 10.1 Å². The Labute approximate surface area is 124 Å². The highest BCUT2D eigenvalue weighted by molar-refractivity contribution is 5.28. The van der Waals surface area contributed by atoms with Crippen LogP contribution in [0.3, 0.4) is 0 Å². The van der Waals surface area contributed by atoms with Gasteiger partial charge in [-0.3, -0.25) is 0 Å². The molecule has 0 bridgehead atoms. The quantitative estimate of drug-likeness (QED) is 0.739. The zero-order valence-corrected chi connectivity index (χ0v) is 12.1. The number of hydrogen-bond donors (Lipinski definition) is 2. The van der Waals surface area contributed by atoms with Gasteiger partial charge in [0.2, 0.25) is 0 Å². The van der Waals surface area contributed by atoms with Gasteiger partial charge < -0.3 is 24.3 Å². The lowest BCUT2D eigenvalue weighted by molar-refractivity contribution is 0.0226. The van der Waals surface area contributed by atoms with Gasteiger partial charge in [0, 0.05) is 13.1 Å². The third kappa shape index (κ3) is 5.59. The first-order chi connectivity index (χ1) is 10.3. The molecule has 1 aromatic heterocycles. The van der Waals surface area contributed by atoms with Crippen LogP contribution >= 0.6 is 0 Å². The molecule has 0 aliphatic rings. The van der Waals surface area contributed by atoms with Gasteiger partial charge in [0.1, 0.15) is 18.1 Å². The molecule has 0 aliphatic carbocycles. The number of benzene rings is 1. The summed E-state index contributed by atoms with van der Waals surface area (Å²) in [5.41, 5.74) is 1.11. The van der Waals surface area contributed by atoms with Gasteiger partial charge in [-0.25, -0.2) is 0 Å². The van der Waals surface area contributed by atoms with Crippen molar-refractivity contribution in [2.45, 2.75) is 19.3 Å². The minimum atomic E-state index is -0.550. The van der Waals surface area contributed by atoms with Crippen molar-refractivity contribution in [3.05, 3.63) is 54.0 Å². The topological polar surface area (TPSA) is 63.9 Å². The molecule has 0 radical (unpaired) electrons.